The van der Waals surface area contributed by atoms with Crippen LogP contribution in [0.1, 0.15) is 47.8 Å². The number of piperazine rings is 1. The van der Waals surface area contributed by atoms with E-state index in [1.165, 1.54) is 29.5 Å². The van der Waals surface area contributed by atoms with E-state index in [-0.39, 0.29) is 17.5 Å². The molecular formula is C21H25N3O3. The van der Waals surface area contributed by atoms with Crippen LogP contribution in [-0.4, -0.2) is 58.6 Å². The molecule has 2 fully saturated rings. The van der Waals surface area contributed by atoms with Gasteiger partial charge in [0.15, 0.2) is 0 Å². The lowest BCUT2D eigenvalue weighted by Crippen LogP contribution is -2.62. The summed E-state index contributed by atoms with van der Waals surface area (Å²) >= 11 is 0. The fraction of sp³-hybridized carbons (Fsp3) is 0.524. The predicted octanol–water partition coefficient (Wildman–Crippen LogP) is 3.10. The van der Waals surface area contributed by atoms with E-state index in [9.17, 15) is 9.59 Å². The van der Waals surface area contributed by atoms with E-state index in [0.717, 1.165) is 30.3 Å². The molecule has 1 aromatic heterocycles. The van der Waals surface area contributed by atoms with E-state index in [4.69, 9.17) is 4.74 Å². The van der Waals surface area contributed by atoms with Gasteiger partial charge in [-0.1, -0.05) is 19.1 Å². The zero-order valence-corrected chi connectivity index (χ0v) is 15.7. The van der Waals surface area contributed by atoms with Gasteiger partial charge in [0.25, 0.3) is 5.91 Å². The Kier molecular flexibility index (Phi) is 3.71. The predicted molar refractivity (Wildman–Crippen MR) is 102 cm³/mol. The molecule has 1 atom stereocenters. The van der Waals surface area contributed by atoms with Gasteiger partial charge in [0.2, 0.25) is 0 Å². The Hall–Kier alpha value is -2.50. The van der Waals surface area contributed by atoms with Crippen LogP contribution >= 0.6 is 0 Å². The number of carbonyl (C=O) groups excluding carboxylic acids is 2. The number of carbonyl (C=O) groups is 2. The third kappa shape index (κ3) is 2.38. The van der Waals surface area contributed by atoms with E-state index in [1.54, 1.807) is 0 Å². The molecule has 6 nitrogen and oxygen atoms in total. The fourth-order valence-corrected chi connectivity index (χ4v) is 5.02. The summed E-state index contributed by atoms with van der Waals surface area (Å²) in [6.45, 7) is 4.04. The Bertz CT molecular complexity index is 934. The monoisotopic (exact) mass is 367 g/mol. The van der Waals surface area contributed by atoms with Crippen molar-refractivity contribution in [2.75, 3.05) is 26.2 Å². The Labute approximate surface area is 158 Å². The lowest BCUT2D eigenvalue weighted by atomic mass is 9.92. The normalized spacial score (nSPS) is 24.7. The minimum atomic E-state index is -0.381. The molecule has 2 amide bonds. The number of benzene rings is 1. The van der Waals surface area contributed by atoms with Crippen LogP contribution in [0.2, 0.25) is 0 Å². The maximum absolute atomic E-state index is 13.4. The van der Waals surface area contributed by atoms with E-state index in [1.807, 2.05) is 21.9 Å². The lowest BCUT2D eigenvalue weighted by Gasteiger charge is -2.44. The number of fused-ring (bicyclic) bond motifs is 4. The average molecular weight is 367 g/mol. The molecule has 27 heavy (non-hydrogen) atoms. The molecule has 5 rings (SSSR count). The number of hydrogen-bond acceptors (Lipinski definition) is 3. The number of aromatic amines is 1. The van der Waals surface area contributed by atoms with Crippen molar-refractivity contribution < 1.29 is 14.3 Å². The molecule has 1 aliphatic carbocycles. The summed E-state index contributed by atoms with van der Waals surface area (Å²) in [5.41, 5.74) is 4.01. The summed E-state index contributed by atoms with van der Waals surface area (Å²) in [6.07, 6.45) is 5.11. The van der Waals surface area contributed by atoms with E-state index < -0.39 is 0 Å². The van der Waals surface area contributed by atoms with Gasteiger partial charge in [0.1, 0.15) is 6.61 Å². The largest absolute Gasteiger partial charge is 0.447 e. The van der Waals surface area contributed by atoms with Crippen LogP contribution in [0, 0.1) is 0 Å². The van der Waals surface area contributed by atoms with Gasteiger partial charge in [-0.3, -0.25) is 9.69 Å². The summed E-state index contributed by atoms with van der Waals surface area (Å²) in [6, 6.07) is 6.04. The van der Waals surface area contributed by atoms with Crippen LogP contribution < -0.4 is 0 Å². The van der Waals surface area contributed by atoms with Crippen LogP contribution in [-0.2, 0) is 17.6 Å². The number of hydrogen-bond donors (Lipinski definition) is 1. The Morgan fingerprint density at radius 3 is 2.96 bits per heavy atom. The maximum atomic E-state index is 13.4. The summed E-state index contributed by atoms with van der Waals surface area (Å²) in [5, 5.41) is 1.19. The van der Waals surface area contributed by atoms with Gasteiger partial charge in [0.05, 0.1) is 16.6 Å². The molecule has 0 radical (unpaired) electrons. The van der Waals surface area contributed by atoms with E-state index in [2.05, 4.69) is 18.0 Å². The summed E-state index contributed by atoms with van der Waals surface area (Å²) in [5.74, 6) is 0.0472. The first-order valence-electron chi connectivity index (χ1n) is 9.99. The summed E-state index contributed by atoms with van der Waals surface area (Å²) in [7, 11) is 0. The highest BCUT2D eigenvalue weighted by atomic mass is 16.6. The molecule has 0 saturated carbocycles. The smallest absolute Gasteiger partial charge is 0.410 e. The number of aromatic nitrogens is 1. The van der Waals surface area contributed by atoms with Crippen molar-refractivity contribution in [2.24, 2.45) is 0 Å². The molecule has 3 heterocycles. The molecule has 1 unspecified atom stereocenters. The van der Waals surface area contributed by atoms with Gasteiger partial charge < -0.3 is 14.6 Å². The van der Waals surface area contributed by atoms with Crippen molar-refractivity contribution in [3.8, 4) is 0 Å². The third-order valence-electron chi connectivity index (χ3n) is 6.65. The topological polar surface area (TPSA) is 65.6 Å². The van der Waals surface area contributed by atoms with Crippen LogP contribution in [0.3, 0.4) is 0 Å². The molecule has 6 heteroatoms. The Balaban J connectivity index is 1.50. The van der Waals surface area contributed by atoms with E-state index >= 15 is 0 Å². The Morgan fingerprint density at radius 1 is 1.26 bits per heavy atom. The summed E-state index contributed by atoms with van der Waals surface area (Å²) in [4.78, 5) is 32.7. The van der Waals surface area contributed by atoms with E-state index in [0.29, 0.717) is 26.2 Å². The van der Waals surface area contributed by atoms with Crippen molar-refractivity contribution in [1.82, 2.24) is 14.8 Å². The highest BCUT2D eigenvalue weighted by Gasteiger charge is 2.50. The molecule has 3 aliphatic rings. The molecule has 2 saturated heterocycles. The molecule has 2 aliphatic heterocycles. The first-order valence-corrected chi connectivity index (χ1v) is 9.99. The second-order valence-electron chi connectivity index (χ2n) is 8.03. The maximum Gasteiger partial charge on any atom is 0.410 e. The van der Waals surface area contributed by atoms with Gasteiger partial charge in [-0.25, -0.2) is 4.79 Å². The van der Waals surface area contributed by atoms with Gasteiger partial charge >= 0.3 is 6.09 Å². The number of ether oxygens (including phenoxy) is 1. The van der Waals surface area contributed by atoms with Crippen molar-refractivity contribution in [3.05, 3.63) is 35.0 Å². The standard InChI is InChI=1S/C21H25N3O3/c1-2-21-12-23(10-11-24(21)20(26)27-13-21)19(25)16-8-5-7-15-14-6-3-4-9-17(14)22-18(15)16/h5,7-8,22H,2-4,6,9-13H2,1H3. The molecular weight excluding hydrogens is 342 g/mol. The van der Waals surface area contributed by atoms with Crippen molar-refractivity contribution in [2.45, 2.75) is 44.6 Å². The van der Waals surface area contributed by atoms with Crippen molar-refractivity contribution >= 4 is 22.9 Å². The minimum Gasteiger partial charge on any atom is -0.447 e. The van der Waals surface area contributed by atoms with Crippen LogP contribution in [0.25, 0.3) is 10.9 Å². The number of cyclic esters (lactones) is 1. The second kappa shape index (κ2) is 6.01. The zero-order valence-electron chi connectivity index (χ0n) is 15.7. The number of rotatable bonds is 2. The number of nitrogens with zero attached hydrogens (tertiary/aromatic N) is 2. The quantitative estimate of drug-likeness (QED) is 0.887. The Morgan fingerprint density at radius 2 is 2.11 bits per heavy atom. The van der Waals surface area contributed by atoms with Crippen molar-refractivity contribution in [1.29, 1.82) is 0 Å². The van der Waals surface area contributed by atoms with Crippen molar-refractivity contribution in [3.63, 3.8) is 0 Å². The first kappa shape index (κ1) is 16.7. The zero-order chi connectivity index (χ0) is 18.6. The van der Waals surface area contributed by atoms with Crippen LogP contribution in [0.15, 0.2) is 18.2 Å². The number of amides is 2. The number of para-hydroxylation sites is 1. The highest BCUT2D eigenvalue weighted by molar-refractivity contribution is 6.07. The fourth-order valence-electron chi connectivity index (χ4n) is 5.02. The van der Waals surface area contributed by atoms with Gasteiger partial charge in [0, 0.05) is 30.7 Å². The summed E-state index contributed by atoms with van der Waals surface area (Å²) < 4.78 is 5.30. The SMILES string of the molecule is CCC12COC(=O)N1CCN(C(=O)c1cccc3c4c([nH]c13)CCCC4)C2. The number of nitrogens with one attached hydrogen (secondary N) is 1. The highest BCUT2D eigenvalue weighted by Crippen LogP contribution is 2.34. The van der Waals surface area contributed by atoms with Gasteiger partial charge in [-0.15, -0.1) is 0 Å². The molecule has 0 spiro atoms. The average Bonchev–Trinajstić information content (AvgIpc) is 3.25. The molecule has 142 valence electrons. The number of aryl methyl sites for hydroxylation is 2. The first-order chi connectivity index (χ1) is 13.1. The number of H-pyrrole nitrogens is 1. The lowest BCUT2D eigenvalue weighted by molar-refractivity contribution is 0.0363. The second-order valence-corrected chi connectivity index (χ2v) is 8.03. The molecule has 1 N–H and O–H groups in total. The van der Waals surface area contributed by atoms with Gasteiger partial charge in [-0.2, -0.15) is 0 Å². The minimum absolute atomic E-state index is 0.0472. The molecule has 0 bridgehead atoms. The molecule has 2 aromatic rings. The third-order valence-corrected chi connectivity index (χ3v) is 6.65. The molecule has 1 aromatic carbocycles. The van der Waals surface area contributed by atoms with Gasteiger partial charge in [-0.05, 0) is 43.7 Å². The van der Waals surface area contributed by atoms with Crippen LogP contribution in [0.5, 0.6) is 0 Å². The van der Waals surface area contributed by atoms with Crippen LogP contribution in [0.4, 0.5) is 4.79 Å².